The summed E-state index contributed by atoms with van der Waals surface area (Å²) in [6, 6.07) is 7.37. The minimum Gasteiger partial charge on any atom is -0.353 e. The zero-order valence-electron chi connectivity index (χ0n) is 15.8. The smallest absolute Gasteiger partial charge is 0.251 e. The Labute approximate surface area is 160 Å². The van der Waals surface area contributed by atoms with Crippen LogP contribution in [0.15, 0.2) is 30.3 Å². The van der Waals surface area contributed by atoms with Crippen LogP contribution < -0.4 is 10.6 Å². The van der Waals surface area contributed by atoms with Gasteiger partial charge in [-0.3, -0.25) is 9.59 Å². The highest BCUT2D eigenvalue weighted by Crippen LogP contribution is 2.19. The summed E-state index contributed by atoms with van der Waals surface area (Å²) in [7, 11) is -3.20. The van der Waals surface area contributed by atoms with Gasteiger partial charge >= 0.3 is 0 Å². The number of nitrogens with one attached hydrogen (secondary N) is 2. The van der Waals surface area contributed by atoms with Gasteiger partial charge in [-0.25, -0.2) is 12.7 Å². The molecule has 7 nitrogen and oxygen atoms in total. The lowest BCUT2D eigenvalue weighted by Gasteiger charge is -2.17. The van der Waals surface area contributed by atoms with E-state index in [1.165, 1.54) is 16.6 Å². The van der Waals surface area contributed by atoms with Crippen molar-refractivity contribution in [3.8, 4) is 0 Å². The van der Waals surface area contributed by atoms with Crippen LogP contribution in [0.25, 0.3) is 6.08 Å². The van der Waals surface area contributed by atoms with Crippen LogP contribution in [0.3, 0.4) is 0 Å². The summed E-state index contributed by atoms with van der Waals surface area (Å²) in [6.45, 7) is 2.98. The summed E-state index contributed by atoms with van der Waals surface area (Å²) in [5.74, 6) is -0.311. The zero-order valence-corrected chi connectivity index (χ0v) is 16.6. The number of benzene rings is 1. The minimum absolute atomic E-state index is 0.0685. The number of hydrogen-bond donors (Lipinski definition) is 2. The highest BCUT2D eigenvalue weighted by molar-refractivity contribution is 7.88. The number of sulfonamides is 1. The molecule has 2 amide bonds. The van der Waals surface area contributed by atoms with Gasteiger partial charge in [0, 0.05) is 37.3 Å². The molecule has 1 aliphatic carbocycles. The molecule has 0 heterocycles. The molecule has 27 heavy (non-hydrogen) atoms. The van der Waals surface area contributed by atoms with Gasteiger partial charge in [-0.05, 0) is 43.0 Å². The molecule has 0 bridgehead atoms. The predicted octanol–water partition coefficient (Wildman–Crippen LogP) is 1.38. The summed E-state index contributed by atoms with van der Waals surface area (Å²) in [6.07, 6.45) is 6.92. The topological polar surface area (TPSA) is 95.6 Å². The molecule has 2 rings (SSSR count). The van der Waals surface area contributed by atoms with E-state index < -0.39 is 10.0 Å². The van der Waals surface area contributed by atoms with E-state index in [1.807, 2.05) is 0 Å². The fourth-order valence-corrected chi connectivity index (χ4v) is 3.43. The Morgan fingerprint density at radius 2 is 1.89 bits per heavy atom. The molecule has 1 aliphatic rings. The number of amides is 2. The molecule has 0 aromatic heterocycles. The Bertz CT molecular complexity index is 784. The molecule has 0 saturated heterocycles. The Morgan fingerprint density at radius 1 is 1.22 bits per heavy atom. The summed E-state index contributed by atoms with van der Waals surface area (Å²) >= 11 is 0. The summed E-state index contributed by atoms with van der Waals surface area (Å²) in [5, 5.41) is 5.66. The Balaban J connectivity index is 1.73. The zero-order chi connectivity index (χ0) is 19.9. The van der Waals surface area contributed by atoms with E-state index in [9.17, 15) is 18.0 Å². The van der Waals surface area contributed by atoms with Gasteiger partial charge in [0.05, 0.1) is 6.26 Å². The third-order valence-electron chi connectivity index (χ3n) is 4.22. The van der Waals surface area contributed by atoms with Crippen LogP contribution in [-0.2, 0) is 14.8 Å². The van der Waals surface area contributed by atoms with Crippen molar-refractivity contribution in [2.24, 2.45) is 0 Å². The number of carbonyl (C=O) groups is 2. The number of carbonyl (C=O) groups excluding carboxylic acids is 2. The minimum atomic E-state index is -3.20. The molecule has 8 heteroatoms. The van der Waals surface area contributed by atoms with E-state index in [-0.39, 0.29) is 11.8 Å². The van der Waals surface area contributed by atoms with E-state index in [2.05, 4.69) is 10.6 Å². The van der Waals surface area contributed by atoms with Crippen molar-refractivity contribution < 1.29 is 18.0 Å². The average Bonchev–Trinajstić information content (AvgIpc) is 3.43. The van der Waals surface area contributed by atoms with E-state index in [1.54, 1.807) is 37.3 Å². The Morgan fingerprint density at radius 3 is 2.44 bits per heavy atom. The van der Waals surface area contributed by atoms with Gasteiger partial charge in [-0.1, -0.05) is 19.1 Å². The van der Waals surface area contributed by atoms with Gasteiger partial charge in [0.15, 0.2) is 0 Å². The molecule has 1 aromatic rings. The van der Waals surface area contributed by atoms with Crippen LogP contribution in [0.2, 0.25) is 0 Å². The number of hydrogen-bond acceptors (Lipinski definition) is 4. The monoisotopic (exact) mass is 393 g/mol. The lowest BCUT2D eigenvalue weighted by atomic mass is 10.1. The van der Waals surface area contributed by atoms with E-state index in [4.69, 9.17) is 0 Å². The highest BCUT2D eigenvalue weighted by Gasteiger charge is 2.23. The third-order valence-corrected chi connectivity index (χ3v) is 5.60. The molecule has 1 fully saturated rings. The third kappa shape index (κ3) is 7.52. The maximum Gasteiger partial charge on any atom is 0.251 e. The van der Waals surface area contributed by atoms with Crippen molar-refractivity contribution in [1.82, 2.24) is 14.9 Å². The van der Waals surface area contributed by atoms with Gasteiger partial charge in [0.1, 0.15) is 0 Å². The first-order valence-electron chi connectivity index (χ1n) is 9.11. The number of rotatable bonds is 10. The fraction of sp³-hybridized carbons (Fsp3) is 0.474. The SMILES string of the molecule is CCN(CCCNC(=O)C=Cc1ccc(C(=O)NC2CC2)cc1)S(C)(=O)=O. The van der Waals surface area contributed by atoms with Crippen LogP contribution in [0.4, 0.5) is 0 Å². The molecule has 148 valence electrons. The normalized spacial score (nSPS) is 14.5. The quantitative estimate of drug-likeness (QED) is 0.464. The van der Waals surface area contributed by atoms with Crippen molar-refractivity contribution in [2.75, 3.05) is 25.9 Å². The molecule has 1 saturated carbocycles. The fourth-order valence-electron chi connectivity index (χ4n) is 2.50. The first-order chi connectivity index (χ1) is 12.8. The first kappa shape index (κ1) is 21.1. The Kier molecular flexibility index (Phi) is 7.55. The first-order valence-corrected chi connectivity index (χ1v) is 11.0. The molecular weight excluding hydrogens is 366 g/mol. The van der Waals surface area contributed by atoms with Crippen molar-refractivity contribution in [1.29, 1.82) is 0 Å². The van der Waals surface area contributed by atoms with Gasteiger partial charge in [0.25, 0.3) is 5.91 Å². The molecular formula is C19H27N3O4S. The van der Waals surface area contributed by atoms with Gasteiger partial charge < -0.3 is 10.6 Å². The van der Waals surface area contributed by atoms with Crippen LogP contribution in [0, 0.1) is 0 Å². The lowest BCUT2D eigenvalue weighted by Crippen LogP contribution is -2.33. The van der Waals surface area contributed by atoms with E-state index in [0.717, 1.165) is 18.4 Å². The second kappa shape index (κ2) is 9.66. The van der Waals surface area contributed by atoms with Crippen molar-refractivity contribution in [3.05, 3.63) is 41.5 Å². The van der Waals surface area contributed by atoms with Gasteiger partial charge in [-0.15, -0.1) is 0 Å². The Hall–Kier alpha value is -2.19. The van der Waals surface area contributed by atoms with Crippen LogP contribution in [0.1, 0.15) is 42.1 Å². The predicted molar refractivity (Wildman–Crippen MR) is 106 cm³/mol. The molecule has 2 N–H and O–H groups in total. The summed E-state index contributed by atoms with van der Waals surface area (Å²) in [4.78, 5) is 23.8. The standard InChI is InChI=1S/C19H27N3O4S/c1-3-22(27(2,25)26)14-4-13-20-18(23)12-7-15-5-8-16(9-6-15)19(24)21-17-10-11-17/h5-9,12,17H,3-4,10-11,13-14H2,1-2H3,(H,20,23)(H,21,24). The van der Waals surface area contributed by atoms with E-state index in [0.29, 0.717) is 37.7 Å². The molecule has 0 unspecified atom stereocenters. The molecule has 1 aromatic carbocycles. The maximum absolute atomic E-state index is 11.9. The number of nitrogens with zero attached hydrogens (tertiary/aromatic N) is 1. The summed E-state index contributed by atoms with van der Waals surface area (Å²) < 4.78 is 24.3. The van der Waals surface area contributed by atoms with Gasteiger partial charge in [-0.2, -0.15) is 0 Å². The molecule has 0 radical (unpaired) electrons. The average molecular weight is 394 g/mol. The van der Waals surface area contributed by atoms with Crippen LogP contribution in [0.5, 0.6) is 0 Å². The lowest BCUT2D eigenvalue weighted by molar-refractivity contribution is -0.116. The van der Waals surface area contributed by atoms with Gasteiger partial charge in [0.2, 0.25) is 15.9 Å². The van der Waals surface area contributed by atoms with Crippen molar-refractivity contribution in [3.63, 3.8) is 0 Å². The summed E-state index contributed by atoms with van der Waals surface area (Å²) in [5.41, 5.74) is 1.43. The second-order valence-corrected chi connectivity index (χ2v) is 8.58. The van der Waals surface area contributed by atoms with Crippen LogP contribution >= 0.6 is 0 Å². The molecule has 0 atom stereocenters. The maximum atomic E-state index is 11.9. The second-order valence-electron chi connectivity index (χ2n) is 6.60. The van der Waals surface area contributed by atoms with Crippen molar-refractivity contribution in [2.45, 2.75) is 32.2 Å². The largest absolute Gasteiger partial charge is 0.353 e. The molecule has 0 aliphatic heterocycles. The van der Waals surface area contributed by atoms with Crippen molar-refractivity contribution >= 4 is 27.9 Å². The molecule has 0 spiro atoms. The van der Waals surface area contributed by atoms with E-state index >= 15 is 0 Å². The van der Waals surface area contributed by atoms with Crippen LogP contribution in [-0.4, -0.2) is 56.5 Å². The highest BCUT2D eigenvalue weighted by atomic mass is 32.2.